The Morgan fingerprint density at radius 2 is 1.89 bits per heavy atom. The molecule has 3 rings (SSSR count). The van der Waals surface area contributed by atoms with Crippen LogP contribution < -0.4 is 10.6 Å². The van der Waals surface area contributed by atoms with E-state index in [1.807, 2.05) is 20.8 Å². The first kappa shape index (κ1) is 18.4. The first-order valence-electron chi connectivity index (χ1n) is 8.32. The fraction of sp³-hybridized carbons (Fsp3) is 0.211. The average Bonchev–Trinajstić information content (AvgIpc) is 2.95. The number of fused-ring (bicyclic) bond motifs is 1. The Morgan fingerprint density at radius 3 is 2.56 bits per heavy atom. The number of carbonyl (C=O) groups excluding carboxylic acids is 1. The highest BCUT2D eigenvalue weighted by atomic mass is 19.1. The van der Waals surface area contributed by atoms with Gasteiger partial charge in [-0.25, -0.2) is 9.38 Å². The highest BCUT2D eigenvalue weighted by Gasteiger charge is 2.16. The van der Waals surface area contributed by atoms with E-state index in [-0.39, 0.29) is 17.5 Å². The Morgan fingerprint density at radius 1 is 1.19 bits per heavy atom. The second-order valence-electron chi connectivity index (χ2n) is 7.02. The van der Waals surface area contributed by atoms with Crippen molar-refractivity contribution in [3.05, 3.63) is 53.8 Å². The molecule has 2 aromatic carbocycles. The zero-order chi connectivity index (χ0) is 19.6. The number of nitrogens with one attached hydrogen (secondary N) is 3. The predicted octanol–water partition coefficient (Wildman–Crippen LogP) is 3.40. The SMILES string of the molecule is CC(C)(C)N=C(NC(=O)c1ccc(O)cc1)Nc1n[nH]c2cc(F)ccc12. The van der Waals surface area contributed by atoms with Crippen LogP contribution in [0.5, 0.6) is 5.75 Å². The fourth-order valence-electron chi connectivity index (χ4n) is 2.41. The summed E-state index contributed by atoms with van der Waals surface area (Å²) < 4.78 is 13.4. The number of anilines is 1. The number of aromatic hydroxyl groups is 1. The summed E-state index contributed by atoms with van der Waals surface area (Å²) in [6.07, 6.45) is 0. The maximum atomic E-state index is 13.4. The number of aliphatic imine (C=N–C) groups is 1. The van der Waals surface area contributed by atoms with Gasteiger partial charge in [-0.15, -0.1) is 0 Å². The van der Waals surface area contributed by atoms with Crippen molar-refractivity contribution in [1.29, 1.82) is 0 Å². The number of rotatable bonds is 2. The van der Waals surface area contributed by atoms with Gasteiger partial charge in [-0.05, 0) is 63.2 Å². The Hall–Kier alpha value is -3.42. The van der Waals surface area contributed by atoms with E-state index in [9.17, 15) is 14.3 Å². The van der Waals surface area contributed by atoms with Crippen molar-refractivity contribution in [2.45, 2.75) is 26.3 Å². The molecular weight excluding hydrogens is 349 g/mol. The number of amides is 1. The van der Waals surface area contributed by atoms with Gasteiger partial charge in [0, 0.05) is 10.9 Å². The summed E-state index contributed by atoms with van der Waals surface area (Å²) in [5, 5.41) is 22.6. The first-order chi connectivity index (χ1) is 12.7. The molecule has 0 fully saturated rings. The van der Waals surface area contributed by atoms with Crippen molar-refractivity contribution in [2.24, 2.45) is 4.99 Å². The number of H-pyrrole nitrogens is 1. The maximum Gasteiger partial charge on any atom is 0.257 e. The van der Waals surface area contributed by atoms with Gasteiger partial charge in [0.2, 0.25) is 5.96 Å². The summed E-state index contributed by atoms with van der Waals surface area (Å²) in [4.78, 5) is 17.0. The van der Waals surface area contributed by atoms with Gasteiger partial charge in [0.05, 0.1) is 11.1 Å². The molecule has 3 aromatic rings. The minimum absolute atomic E-state index is 0.0727. The van der Waals surface area contributed by atoms with Crippen LogP contribution in [0.1, 0.15) is 31.1 Å². The summed E-state index contributed by atoms with van der Waals surface area (Å²) >= 11 is 0. The van der Waals surface area contributed by atoms with Gasteiger partial charge in [-0.2, -0.15) is 5.10 Å². The van der Waals surface area contributed by atoms with E-state index in [4.69, 9.17) is 0 Å². The van der Waals surface area contributed by atoms with Crippen molar-refractivity contribution in [1.82, 2.24) is 15.5 Å². The lowest BCUT2D eigenvalue weighted by molar-refractivity contribution is 0.0977. The van der Waals surface area contributed by atoms with Gasteiger partial charge >= 0.3 is 0 Å². The minimum atomic E-state index is -0.469. The number of benzene rings is 2. The summed E-state index contributed by atoms with van der Waals surface area (Å²) in [5.74, 6) is -0.0703. The van der Waals surface area contributed by atoms with Crippen molar-refractivity contribution in [3.63, 3.8) is 0 Å². The molecule has 1 heterocycles. The van der Waals surface area contributed by atoms with Gasteiger partial charge in [-0.3, -0.25) is 15.2 Å². The van der Waals surface area contributed by atoms with E-state index >= 15 is 0 Å². The molecule has 0 aliphatic carbocycles. The molecule has 0 atom stereocenters. The van der Waals surface area contributed by atoms with Crippen molar-refractivity contribution in [3.8, 4) is 5.75 Å². The predicted molar refractivity (Wildman–Crippen MR) is 102 cm³/mol. The molecule has 0 spiro atoms. The van der Waals surface area contributed by atoms with Crippen molar-refractivity contribution < 1.29 is 14.3 Å². The van der Waals surface area contributed by atoms with Crippen molar-refractivity contribution >= 4 is 28.6 Å². The number of phenolic OH excluding ortho intramolecular Hbond substituents is 1. The summed E-state index contributed by atoms with van der Waals surface area (Å²) in [6, 6.07) is 10.1. The molecule has 8 heteroatoms. The minimum Gasteiger partial charge on any atom is -0.508 e. The summed E-state index contributed by atoms with van der Waals surface area (Å²) in [6.45, 7) is 5.66. The molecule has 0 saturated carbocycles. The highest BCUT2D eigenvalue weighted by Crippen LogP contribution is 2.21. The number of hydrogen-bond donors (Lipinski definition) is 4. The molecule has 0 radical (unpaired) electrons. The molecule has 0 unspecified atom stereocenters. The Bertz CT molecular complexity index is 1000. The Labute approximate surface area is 155 Å². The molecule has 0 aliphatic rings. The van der Waals surface area contributed by atoms with Crippen LogP contribution in [-0.4, -0.2) is 32.7 Å². The molecule has 1 amide bonds. The van der Waals surface area contributed by atoms with Crippen LogP contribution in [-0.2, 0) is 0 Å². The van der Waals surface area contributed by atoms with Gasteiger partial charge in [0.25, 0.3) is 5.91 Å². The maximum absolute atomic E-state index is 13.4. The monoisotopic (exact) mass is 369 g/mol. The molecule has 0 aliphatic heterocycles. The van der Waals surface area contributed by atoms with Gasteiger partial charge in [-0.1, -0.05) is 0 Å². The molecule has 0 bridgehead atoms. The number of hydrogen-bond acceptors (Lipinski definition) is 4. The van der Waals surface area contributed by atoms with Crippen LogP contribution >= 0.6 is 0 Å². The third-order valence-electron chi connectivity index (χ3n) is 3.57. The average molecular weight is 369 g/mol. The third kappa shape index (κ3) is 4.60. The van der Waals surface area contributed by atoms with Crippen LogP contribution in [0.25, 0.3) is 10.9 Å². The van der Waals surface area contributed by atoms with Crippen LogP contribution in [0.3, 0.4) is 0 Å². The zero-order valence-corrected chi connectivity index (χ0v) is 15.2. The third-order valence-corrected chi connectivity index (χ3v) is 3.57. The number of nitrogens with zero attached hydrogens (tertiary/aromatic N) is 2. The topological polar surface area (TPSA) is 102 Å². The molecule has 140 valence electrons. The largest absolute Gasteiger partial charge is 0.508 e. The van der Waals surface area contributed by atoms with E-state index in [0.717, 1.165) is 0 Å². The molecular formula is C19H20FN5O2. The lowest BCUT2D eigenvalue weighted by Gasteiger charge is -2.17. The van der Waals surface area contributed by atoms with Gasteiger partial charge in [0.1, 0.15) is 11.6 Å². The number of guanidine groups is 1. The molecule has 27 heavy (non-hydrogen) atoms. The van der Waals surface area contributed by atoms with Crippen LogP contribution in [0.4, 0.5) is 10.2 Å². The summed E-state index contributed by atoms with van der Waals surface area (Å²) in [5.41, 5.74) is 0.422. The highest BCUT2D eigenvalue weighted by molar-refractivity contribution is 6.11. The first-order valence-corrected chi connectivity index (χ1v) is 8.32. The second kappa shape index (κ2) is 7.06. The Balaban J connectivity index is 1.88. The summed E-state index contributed by atoms with van der Waals surface area (Å²) in [7, 11) is 0. The van der Waals surface area contributed by atoms with E-state index in [1.54, 1.807) is 6.07 Å². The standard InChI is InChI=1S/C19H20FN5O2/c1-19(2,3)23-18(22-17(27)11-4-7-13(26)8-5-11)21-16-14-9-6-12(20)10-15(14)24-25-16/h4-10,26H,1-3H3,(H3,21,22,23,24,25,27). The van der Waals surface area contributed by atoms with E-state index in [0.29, 0.717) is 22.3 Å². The number of halogens is 1. The lowest BCUT2D eigenvalue weighted by atomic mass is 10.1. The second-order valence-corrected chi connectivity index (χ2v) is 7.02. The fourth-order valence-corrected chi connectivity index (χ4v) is 2.41. The number of carbonyl (C=O) groups is 1. The van der Waals surface area contributed by atoms with E-state index < -0.39 is 11.4 Å². The van der Waals surface area contributed by atoms with E-state index in [1.165, 1.54) is 36.4 Å². The van der Waals surface area contributed by atoms with Crippen molar-refractivity contribution in [2.75, 3.05) is 5.32 Å². The smallest absolute Gasteiger partial charge is 0.257 e. The molecule has 7 nitrogen and oxygen atoms in total. The normalized spacial score (nSPS) is 12.2. The van der Waals surface area contributed by atoms with E-state index in [2.05, 4.69) is 25.8 Å². The number of aromatic amines is 1. The Kier molecular flexibility index (Phi) is 4.81. The van der Waals surface area contributed by atoms with Crippen LogP contribution in [0, 0.1) is 5.82 Å². The quantitative estimate of drug-likeness (QED) is 0.411. The van der Waals surface area contributed by atoms with Crippen LogP contribution in [0.15, 0.2) is 47.5 Å². The van der Waals surface area contributed by atoms with Gasteiger partial charge in [0.15, 0.2) is 5.82 Å². The zero-order valence-electron chi connectivity index (χ0n) is 15.2. The molecule has 0 saturated heterocycles. The number of aromatic nitrogens is 2. The number of phenols is 1. The van der Waals surface area contributed by atoms with Gasteiger partial charge < -0.3 is 10.4 Å². The molecule has 1 aromatic heterocycles. The molecule has 4 N–H and O–H groups in total. The lowest BCUT2D eigenvalue weighted by Crippen LogP contribution is -2.38. The van der Waals surface area contributed by atoms with Crippen LogP contribution in [0.2, 0.25) is 0 Å².